The topological polar surface area (TPSA) is 71.1 Å². The quantitative estimate of drug-likeness (QED) is 0.815. The van der Waals surface area contributed by atoms with Gasteiger partial charge in [-0.3, -0.25) is 0 Å². The summed E-state index contributed by atoms with van der Waals surface area (Å²) in [5, 5.41) is 5.57. The van der Waals surface area contributed by atoms with Crippen LogP contribution in [0.15, 0.2) is 5.38 Å². The average molecular weight is 256 g/mol. The van der Waals surface area contributed by atoms with E-state index in [9.17, 15) is 8.42 Å². The summed E-state index contributed by atoms with van der Waals surface area (Å²) in [6, 6.07) is 0. The lowest BCUT2D eigenvalue weighted by molar-refractivity contribution is 0.588. The highest BCUT2D eigenvalue weighted by molar-refractivity contribution is 7.89. The van der Waals surface area contributed by atoms with Crippen LogP contribution in [-0.4, -0.2) is 32.7 Å². The maximum atomic E-state index is 11.0. The molecule has 1 rings (SSSR count). The zero-order chi connectivity index (χ0) is 10.6. The van der Waals surface area contributed by atoms with Crippen molar-refractivity contribution in [3.8, 4) is 0 Å². The van der Waals surface area contributed by atoms with Gasteiger partial charge in [-0.1, -0.05) is 11.6 Å². The summed E-state index contributed by atoms with van der Waals surface area (Å²) in [4.78, 5) is 3.91. The van der Waals surface area contributed by atoms with Crippen LogP contribution < -0.4 is 10.0 Å². The Labute approximate surface area is 91.6 Å². The van der Waals surface area contributed by atoms with Gasteiger partial charge < -0.3 is 5.32 Å². The Morgan fingerprint density at radius 3 is 2.86 bits per heavy atom. The fraction of sp³-hybridized carbons (Fsp3) is 0.500. The molecule has 1 heterocycles. The summed E-state index contributed by atoms with van der Waals surface area (Å²) in [6.07, 6.45) is 0. The highest BCUT2D eigenvalue weighted by Gasteiger charge is 2.06. The highest BCUT2D eigenvalue weighted by atomic mass is 35.5. The minimum atomic E-state index is -3.15. The molecule has 0 saturated heterocycles. The summed E-state index contributed by atoms with van der Waals surface area (Å²) in [6.45, 7) is 0.313. The van der Waals surface area contributed by atoms with Crippen molar-refractivity contribution >= 4 is 38.1 Å². The Morgan fingerprint density at radius 2 is 2.36 bits per heavy atom. The van der Waals surface area contributed by atoms with Crippen molar-refractivity contribution in [1.82, 2.24) is 9.71 Å². The van der Waals surface area contributed by atoms with Crippen LogP contribution in [0.3, 0.4) is 0 Å². The molecule has 14 heavy (non-hydrogen) atoms. The summed E-state index contributed by atoms with van der Waals surface area (Å²) in [5.41, 5.74) is 0. The third kappa shape index (κ3) is 3.79. The van der Waals surface area contributed by atoms with E-state index in [1.165, 1.54) is 18.4 Å². The van der Waals surface area contributed by atoms with Crippen molar-refractivity contribution in [1.29, 1.82) is 0 Å². The molecule has 0 bridgehead atoms. The third-order valence-electron chi connectivity index (χ3n) is 1.43. The zero-order valence-electron chi connectivity index (χ0n) is 7.45. The first-order valence-corrected chi connectivity index (χ1v) is 6.70. The average Bonchev–Trinajstić information content (AvgIpc) is 2.51. The number of aromatic nitrogens is 1. The molecule has 0 aliphatic heterocycles. The molecule has 0 atom stereocenters. The number of rotatable bonds is 5. The molecule has 80 valence electrons. The van der Waals surface area contributed by atoms with Crippen molar-refractivity contribution in [2.45, 2.75) is 0 Å². The van der Waals surface area contributed by atoms with E-state index in [0.29, 0.717) is 16.8 Å². The number of hydrogen-bond donors (Lipinski definition) is 2. The van der Waals surface area contributed by atoms with Gasteiger partial charge >= 0.3 is 0 Å². The Hall–Kier alpha value is -0.370. The molecule has 0 spiro atoms. The van der Waals surface area contributed by atoms with Crippen molar-refractivity contribution in [2.24, 2.45) is 0 Å². The minimum absolute atomic E-state index is 0.0146. The van der Waals surface area contributed by atoms with E-state index in [4.69, 9.17) is 11.6 Å². The van der Waals surface area contributed by atoms with Gasteiger partial charge in [0.25, 0.3) is 0 Å². The molecule has 0 aromatic carbocycles. The van der Waals surface area contributed by atoms with Gasteiger partial charge in [-0.2, -0.15) is 0 Å². The molecule has 1 aromatic heterocycles. The van der Waals surface area contributed by atoms with Gasteiger partial charge in [0.2, 0.25) is 10.0 Å². The maximum absolute atomic E-state index is 11.0. The first-order valence-electron chi connectivity index (χ1n) is 3.79. The van der Waals surface area contributed by atoms with Gasteiger partial charge in [-0.25, -0.2) is 18.1 Å². The van der Waals surface area contributed by atoms with Crippen molar-refractivity contribution in [3.05, 3.63) is 10.5 Å². The Balaban J connectivity index is 2.36. The maximum Gasteiger partial charge on any atom is 0.213 e. The van der Waals surface area contributed by atoms with E-state index < -0.39 is 10.0 Å². The first kappa shape index (κ1) is 11.7. The molecule has 0 aliphatic carbocycles. The first-order chi connectivity index (χ1) is 6.53. The number of halogens is 1. The van der Waals surface area contributed by atoms with Crippen LogP contribution in [0.25, 0.3) is 0 Å². The van der Waals surface area contributed by atoms with E-state index in [-0.39, 0.29) is 5.75 Å². The van der Waals surface area contributed by atoms with Gasteiger partial charge in [0.1, 0.15) is 5.15 Å². The molecule has 0 saturated carbocycles. The number of thiazole rings is 1. The summed E-state index contributed by atoms with van der Waals surface area (Å²) in [7, 11) is -1.77. The van der Waals surface area contributed by atoms with E-state index in [0.717, 1.165) is 0 Å². The van der Waals surface area contributed by atoms with Gasteiger partial charge in [0, 0.05) is 11.9 Å². The minimum Gasteiger partial charge on any atom is -0.360 e. The van der Waals surface area contributed by atoms with Crippen LogP contribution in [0, 0.1) is 0 Å². The Bertz CT molecular complexity index is 390. The molecule has 0 radical (unpaired) electrons. The standard InChI is InChI=1S/C6H10ClN3O2S2/c1-8-14(11,12)3-2-9-6-10-5(7)4-13-6/h4,8H,2-3H2,1H3,(H,9,10). The van der Waals surface area contributed by atoms with Gasteiger partial charge in [-0.15, -0.1) is 11.3 Å². The van der Waals surface area contributed by atoms with Crippen LogP contribution in [0.4, 0.5) is 5.13 Å². The van der Waals surface area contributed by atoms with E-state index >= 15 is 0 Å². The second kappa shape index (κ2) is 4.92. The molecule has 1 aromatic rings. The smallest absolute Gasteiger partial charge is 0.213 e. The predicted octanol–water partition coefficient (Wildman–Crippen LogP) is 0.758. The zero-order valence-corrected chi connectivity index (χ0v) is 9.84. The third-order valence-corrected chi connectivity index (χ3v) is 3.92. The molecule has 0 unspecified atom stereocenters. The fourth-order valence-corrected chi connectivity index (χ4v) is 2.17. The molecular weight excluding hydrogens is 246 g/mol. The van der Waals surface area contributed by atoms with E-state index in [1.54, 1.807) is 5.38 Å². The Morgan fingerprint density at radius 1 is 1.64 bits per heavy atom. The molecule has 0 aliphatic rings. The van der Waals surface area contributed by atoms with Crippen LogP contribution in [0.2, 0.25) is 5.15 Å². The van der Waals surface area contributed by atoms with Gasteiger partial charge in [0.15, 0.2) is 5.13 Å². The molecular formula is C6H10ClN3O2S2. The van der Waals surface area contributed by atoms with Gasteiger partial charge in [0.05, 0.1) is 5.75 Å². The van der Waals surface area contributed by atoms with Crippen LogP contribution in [-0.2, 0) is 10.0 Å². The largest absolute Gasteiger partial charge is 0.360 e. The lowest BCUT2D eigenvalue weighted by Gasteiger charge is -2.02. The summed E-state index contributed by atoms with van der Waals surface area (Å²) in [5.74, 6) is 0.0146. The van der Waals surface area contributed by atoms with E-state index in [2.05, 4.69) is 15.0 Å². The van der Waals surface area contributed by atoms with E-state index in [1.807, 2.05) is 0 Å². The van der Waals surface area contributed by atoms with Crippen molar-refractivity contribution < 1.29 is 8.42 Å². The molecule has 8 heteroatoms. The molecule has 5 nitrogen and oxygen atoms in total. The summed E-state index contributed by atoms with van der Waals surface area (Å²) < 4.78 is 24.2. The lowest BCUT2D eigenvalue weighted by atomic mass is 10.7. The number of nitrogens with one attached hydrogen (secondary N) is 2. The molecule has 2 N–H and O–H groups in total. The Kier molecular flexibility index (Phi) is 4.11. The molecule has 0 amide bonds. The summed E-state index contributed by atoms with van der Waals surface area (Å²) >= 11 is 6.92. The fourth-order valence-electron chi connectivity index (χ4n) is 0.730. The van der Waals surface area contributed by atoms with Crippen molar-refractivity contribution in [2.75, 3.05) is 24.7 Å². The second-order valence-electron chi connectivity index (χ2n) is 2.43. The number of sulfonamides is 1. The molecule has 0 fully saturated rings. The number of hydrogen-bond acceptors (Lipinski definition) is 5. The van der Waals surface area contributed by atoms with Crippen LogP contribution >= 0.6 is 22.9 Å². The van der Waals surface area contributed by atoms with Crippen LogP contribution in [0.1, 0.15) is 0 Å². The highest BCUT2D eigenvalue weighted by Crippen LogP contribution is 2.18. The lowest BCUT2D eigenvalue weighted by Crippen LogP contribution is -2.26. The predicted molar refractivity (Wildman–Crippen MR) is 58.5 cm³/mol. The second-order valence-corrected chi connectivity index (χ2v) is 5.72. The van der Waals surface area contributed by atoms with Crippen molar-refractivity contribution in [3.63, 3.8) is 0 Å². The monoisotopic (exact) mass is 255 g/mol. The van der Waals surface area contributed by atoms with Crippen LogP contribution in [0.5, 0.6) is 0 Å². The van der Waals surface area contributed by atoms with Gasteiger partial charge in [-0.05, 0) is 7.05 Å². The number of anilines is 1. The number of nitrogens with zero attached hydrogens (tertiary/aromatic N) is 1. The SMILES string of the molecule is CNS(=O)(=O)CCNc1nc(Cl)cs1. The normalized spacial score (nSPS) is 11.6.